The van der Waals surface area contributed by atoms with Gasteiger partial charge >= 0.3 is 0 Å². The van der Waals surface area contributed by atoms with Crippen molar-refractivity contribution in [2.45, 2.75) is 52.2 Å². The Hall–Kier alpha value is -2.69. The average molecular weight is 460 g/mol. The Kier molecular flexibility index (Phi) is 7.99. The number of nitrogens with one attached hydrogen (secondary N) is 3. The standard InChI is InChI=1S/C19H27ClFN5O5/c1-10-7-12(25-31-10)16(28)23-13(8-19(2,3)4)17(29)24-26(18(30)14(20)21)9-11-5-6-22-15(11)27/h7,11,13-14H,5-6,8-9H2,1-4H3,(H,22,27)(H,23,28)(H,24,29). The van der Waals surface area contributed by atoms with E-state index in [1.807, 2.05) is 20.8 Å². The van der Waals surface area contributed by atoms with E-state index in [-0.39, 0.29) is 30.0 Å². The monoisotopic (exact) mass is 459 g/mol. The fraction of sp³-hybridized carbons (Fsp3) is 0.632. The second-order valence-corrected chi connectivity index (χ2v) is 9.00. The highest BCUT2D eigenvalue weighted by Gasteiger charge is 2.34. The molecule has 10 nitrogen and oxygen atoms in total. The molecule has 1 fully saturated rings. The lowest BCUT2D eigenvalue weighted by Gasteiger charge is -2.30. The summed E-state index contributed by atoms with van der Waals surface area (Å²) >= 11 is 5.28. The molecule has 1 aromatic heterocycles. The SMILES string of the molecule is Cc1cc(C(=O)NC(CC(C)(C)C)C(=O)NN(CC2CCNC2=O)C(=O)C(F)Cl)no1. The maximum Gasteiger partial charge on any atom is 0.291 e. The van der Waals surface area contributed by atoms with E-state index >= 15 is 0 Å². The van der Waals surface area contributed by atoms with Crippen molar-refractivity contribution in [3.63, 3.8) is 0 Å². The minimum Gasteiger partial charge on any atom is -0.361 e. The third-order valence-corrected chi connectivity index (χ3v) is 4.75. The van der Waals surface area contributed by atoms with Gasteiger partial charge < -0.3 is 15.2 Å². The lowest BCUT2D eigenvalue weighted by molar-refractivity contribution is -0.145. The lowest BCUT2D eigenvalue weighted by atomic mass is 9.87. The van der Waals surface area contributed by atoms with Crippen LogP contribution in [0.15, 0.2) is 10.6 Å². The number of hydrogen-bond donors (Lipinski definition) is 3. The molecule has 0 radical (unpaired) electrons. The molecule has 3 atom stereocenters. The van der Waals surface area contributed by atoms with Gasteiger partial charge in [-0.2, -0.15) is 0 Å². The summed E-state index contributed by atoms with van der Waals surface area (Å²) in [6.07, 6.45) is 0.624. The summed E-state index contributed by atoms with van der Waals surface area (Å²) in [6.45, 7) is 7.37. The van der Waals surface area contributed by atoms with Gasteiger partial charge in [0.15, 0.2) is 5.69 Å². The molecular weight excluding hydrogens is 433 g/mol. The number of alkyl halides is 2. The molecule has 1 aliphatic heterocycles. The van der Waals surface area contributed by atoms with Crippen LogP contribution in [0.4, 0.5) is 4.39 Å². The molecule has 2 rings (SSSR count). The Bertz CT molecular complexity index is 838. The number of aromatic nitrogens is 1. The Morgan fingerprint density at radius 3 is 2.58 bits per heavy atom. The maximum atomic E-state index is 13.5. The fourth-order valence-corrected chi connectivity index (χ4v) is 3.20. The molecule has 2 heterocycles. The van der Waals surface area contributed by atoms with E-state index in [1.54, 1.807) is 6.92 Å². The fourth-order valence-electron chi connectivity index (χ4n) is 3.09. The summed E-state index contributed by atoms with van der Waals surface area (Å²) in [5, 5.41) is 9.48. The summed E-state index contributed by atoms with van der Waals surface area (Å²) in [4.78, 5) is 49.5. The number of carbonyl (C=O) groups excluding carboxylic acids is 4. The first-order chi connectivity index (χ1) is 14.4. The van der Waals surface area contributed by atoms with Crippen molar-refractivity contribution in [3.05, 3.63) is 17.5 Å². The molecule has 4 amide bonds. The smallest absolute Gasteiger partial charge is 0.291 e. The number of halogens is 2. The third-order valence-electron chi connectivity index (χ3n) is 4.56. The van der Waals surface area contributed by atoms with Crippen LogP contribution in [0.1, 0.15) is 49.9 Å². The molecule has 1 aromatic rings. The first-order valence-electron chi connectivity index (χ1n) is 9.79. The first-order valence-corrected chi connectivity index (χ1v) is 10.2. The molecule has 0 spiro atoms. The summed E-state index contributed by atoms with van der Waals surface area (Å²) in [6, 6.07) is 0.336. The number of hydrazine groups is 1. The van der Waals surface area contributed by atoms with Crippen molar-refractivity contribution in [2.24, 2.45) is 11.3 Å². The van der Waals surface area contributed by atoms with E-state index in [4.69, 9.17) is 16.1 Å². The minimum atomic E-state index is -2.40. The number of aryl methyl sites for hydroxylation is 1. The van der Waals surface area contributed by atoms with Gasteiger partial charge in [-0.3, -0.25) is 24.6 Å². The van der Waals surface area contributed by atoms with Crippen LogP contribution in [0.3, 0.4) is 0 Å². The topological polar surface area (TPSA) is 134 Å². The van der Waals surface area contributed by atoms with E-state index in [0.717, 1.165) is 0 Å². The molecule has 0 saturated carbocycles. The Morgan fingerprint density at radius 2 is 2.10 bits per heavy atom. The van der Waals surface area contributed by atoms with Crippen molar-refractivity contribution in [3.8, 4) is 0 Å². The molecule has 3 N–H and O–H groups in total. The van der Waals surface area contributed by atoms with Gasteiger partial charge in [0.25, 0.3) is 23.4 Å². The summed E-state index contributed by atoms with van der Waals surface area (Å²) < 4.78 is 18.4. The highest BCUT2D eigenvalue weighted by molar-refractivity contribution is 6.29. The second kappa shape index (κ2) is 10.1. The second-order valence-electron chi connectivity index (χ2n) is 8.62. The normalized spacial score (nSPS) is 18.1. The van der Waals surface area contributed by atoms with Crippen molar-refractivity contribution in [2.75, 3.05) is 13.1 Å². The number of carbonyl (C=O) groups is 4. The molecule has 3 unspecified atom stereocenters. The van der Waals surface area contributed by atoms with Crippen LogP contribution in [0.2, 0.25) is 0 Å². The Morgan fingerprint density at radius 1 is 1.42 bits per heavy atom. The zero-order chi connectivity index (χ0) is 23.3. The molecule has 0 aliphatic carbocycles. The van der Waals surface area contributed by atoms with Gasteiger partial charge in [-0.25, -0.2) is 9.40 Å². The van der Waals surface area contributed by atoms with Gasteiger partial charge in [0, 0.05) is 12.6 Å². The van der Waals surface area contributed by atoms with Crippen LogP contribution in [0.25, 0.3) is 0 Å². The van der Waals surface area contributed by atoms with E-state index < -0.39 is 35.3 Å². The number of nitrogens with zero attached hydrogens (tertiary/aromatic N) is 2. The van der Waals surface area contributed by atoms with Crippen LogP contribution in [-0.2, 0) is 14.4 Å². The van der Waals surface area contributed by atoms with Gasteiger partial charge in [-0.15, -0.1) is 0 Å². The summed E-state index contributed by atoms with van der Waals surface area (Å²) in [5.41, 5.74) is -0.486. The van der Waals surface area contributed by atoms with E-state index in [1.165, 1.54) is 6.07 Å². The maximum absolute atomic E-state index is 13.5. The van der Waals surface area contributed by atoms with Crippen molar-refractivity contribution in [1.29, 1.82) is 0 Å². The molecular formula is C19H27ClFN5O5. The van der Waals surface area contributed by atoms with Crippen molar-refractivity contribution < 1.29 is 28.1 Å². The van der Waals surface area contributed by atoms with Gasteiger partial charge in [-0.1, -0.05) is 37.5 Å². The van der Waals surface area contributed by atoms with E-state index in [9.17, 15) is 23.6 Å². The van der Waals surface area contributed by atoms with Crippen LogP contribution in [-0.4, -0.2) is 58.6 Å². The average Bonchev–Trinajstić information content (AvgIpc) is 3.27. The predicted octanol–water partition coefficient (Wildman–Crippen LogP) is 1.05. The molecule has 1 saturated heterocycles. The number of hydrogen-bond acceptors (Lipinski definition) is 6. The number of amides is 4. The van der Waals surface area contributed by atoms with Crippen LogP contribution in [0, 0.1) is 18.3 Å². The van der Waals surface area contributed by atoms with Crippen LogP contribution in [0.5, 0.6) is 0 Å². The largest absolute Gasteiger partial charge is 0.361 e. The van der Waals surface area contributed by atoms with Gasteiger partial charge in [0.1, 0.15) is 11.8 Å². The highest BCUT2D eigenvalue weighted by Crippen LogP contribution is 2.22. The third kappa shape index (κ3) is 7.20. The lowest BCUT2D eigenvalue weighted by Crippen LogP contribution is -2.57. The van der Waals surface area contributed by atoms with Gasteiger partial charge in [0.05, 0.1) is 12.5 Å². The Balaban J connectivity index is 2.17. The quantitative estimate of drug-likeness (QED) is 0.412. The molecule has 12 heteroatoms. The van der Waals surface area contributed by atoms with E-state index in [0.29, 0.717) is 23.7 Å². The van der Waals surface area contributed by atoms with Gasteiger partial charge in [-0.05, 0) is 25.2 Å². The first kappa shape index (κ1) is 24.6. The van der Waals surface area contributed by atoms with Crippen molar-refractivity contribution in [1.82, 2.24) is 26.2 Å². The summed E-state index contributed by atoms with van der Waals surface area (Å²) in [7, 11) is 0. The zero-order valence-electron chi connectivity index (χ0n) is 17.8. The summed E-state index contributed by atoms with van der Waals surface area (Å²) in [5.74, 6) is -3.11. The highest BCUT2D eigenvalue weighted by atomic mass is 35.5. The van der Waals surface area contributed by atoms with Crippen LogP contribution >= 0.6 is 11.6 Å². The molecule has 1 aliphatic rings. The zero-order valence-corrected chi connectivity index (χ0v) is 18.6. The molecule has 31 heavy (non-hydrogen) atoms. The molecule has 0 bridgehead atoms. The predicted molar refractivity (Wildman–Crippen MR) is 108 cm³/mol. The van der Waals surface area contributed by atoms with Crippen LogP contribution < -0.4 is 16.1 Å². The minimum absolute atomic E-state index is 0.00986. The number of rotatable bonds is 7. The molecule has 0 aromatic carbocycles. The Labute approximate surface area is 184 Å². The van der Waals surface area contributed by atoms with Crippen molar-refractivity contribution >= 4 is 35.2 Å². The van der Waals surface area contributed by atoms with E-state index in [2.05, 4.69) is 21.2 Å². The molecule has 172 valence electrons. The van der Waals surface area contributed by atoms with Gasteiger partial charge in [0.2, 0.25) is 5.91 Å².